The van der Waals surface area contributed by atoms with E-state index in [4.69, 9.17) is 19.2 Å². The first-order valence-electron chi connectivity index (χ1n) is 14.3. The number of carbonyl (C=O) groups is 1. The van der Waals surface area contributed by atoms with E-state index in [1.807, 2.05) is 92.7 Å². The first-order valence-corrected chi connectivity index (χ1v) is 15.9. The van der Waals surface area contributed by atoms with Crippen molar-refractivity contribution in [1.29, 1.82) is 0 Å². The van der Waals surface area contributed by atoms with Crippen LogP contribution in [0.2, 0.25) is 0 Å². The Morgan fingerprint density at radius 2 is 1.84 bits per heavy atom. The fourth-order valence-corrected chi connectivity index (χ4v) is 6.49. The maximum Gasteiger partial charge on any atom is 0.338 e. The van der Waals surface area contributed by atoms with Crippen molar-refractivity contribution >= 4 is 39.3 Å². The van der Waals surface area contributed by atoms with Gasteiger partial charge in [0.2, 0.25) is 0 Å². The van der Waals surface area contributed by atoms with Crippen molar-refractivity contribution in [2.24, 2.45) is 4.99 Å². The van der Waals surface area contributed by atoms with Gasteiger partial charge in [-0.25, -0.2) is 9.79 Å². The molecule has 4 aromatic rings. The van der Waals surface area contributed by atoms with Crippen molar-refractivity contribution in [1.82, 2.24) is 4.57 Å². The molecule has 1 aliphatic rings. The largest absolute Gasteiger partial charge is 0.490 e. The first-order chi connectivity index (χ1) is 21.4. The van der Waals surface area contributed by atoms with Crippen molar-refractivity contribution in [2.75, 3.05) is 13.7 Å². The number of thiazole rings is 1. The Bertz CT molecular complexity index is 1890. The van der Waals surface area contributed by atoms with Gasteiger partial charge in [0, 0.05) is 10.0 Å². The highest BCUT2D eigenvalue weighted by Gasteiger charge is 2.33. The standard InChI is InChI=1S/C35H33BrN2O5S/c1-5-11-25-18-23(19-28(42-7-3)32(25)43-21-22-14-16-26(36)17-15-22)20-29-33(39)38-31(24-12-9-8-10-13-24)30(34(40)41-4)27(6-2)37-35(38)44-29/h5,8-10,12-20,31H,1,6-7,11,21H2,2-4H3/b29-20-/t31-/m1/s1. The zero-order valence-corrected chi connectivity index (χ0v) is 27.2. The molecule has 0 N–H and O–H groups in total. The van der Waals surface area contributed by atoms with Crippen molar-refractivity contribution < 1.29 is 19.0 Å². The van der Waals surface area contributed by atoms with Crippen molar-refractivity contribution in [2.45, 2.75) is 39.3 Å². The number of methoxy groups -OCH3 is 1. The Kier molecular flexibility index (Phi) is 9.97. The molecule has 9 heteroatoms. The van der Waals surface area contributed by atoms with Gasteiger partial charge in [0.05, 0.1) is 35.6 Å². The van der Waals surface area contributed by atoms with E-state index in [9.17, 15) is 9.59 Å². The predicted octanol–water partition coefficient (Wildman–Crippen LogP) is 6.27. The molecule has 0 unspecified atom stereocenters. The number of benzene rings is 3. The van der Waals surface area contributed by atoms with Crippen LogP contribution < -0.4 is 24.4 Å². The number of nitrogens with zero attached hydrogens (tertiary/aromatic N) is 2. The van der Waals surface area contributed by atoms with Crippen LogP contribution in [0.15, 0.2) is 105 Å². The molecular formula is C35H33BrN2O5S. The van der Waals surface area contributed by atoms with Crippen LogP contribution in [0.3, 0.4) is 0 Å². The van der Waals surface area contributed by atoms with Gasteiger partial charge >= 0.3 is 5.97 Å². The average Bonchev–Trinajstić information content (AvgIpc) is 3.34. The van der Waals surface area contributed by atoms with Gasteiger partial charge in [-0.05, 0) is 66.8 Å². The molecule has 0 fully saturated rings. The number of esters is 1. The summed E-state index contributed by atoms with van der Waals surface area (Å²) >= 11 is 4.76. The molecule has 1 atom stereocenters. The predicted molar refractivity (Wildman–Crippen MR) is 177 cm³/mol. The highest BCUT2D eigenvalue weighted by atomic mass is 79.9. The molecule has 0 aliphatic carbocycles. The summed E-state index contributed by atoms with van der Waals surface area (Å²) in [5.74, 6) is 0.738. The summed E-state index contributed by atoms with van der Waals surface area (Å²) < 4.78 is 20.6. The Labute approximate surface area is 268 Å². The second-order valence-corrected chi connectivity index (χ2v) is 12.0. The topological polar surface area (TPSA) is 79.1 Å². The maximum absolute atomic E-state index is 14.1. The molecule has 44 heavy (non-hydrogen) atoms. The quantitative estimate of drug-likeness (QED) is 0.139. The number of rotatable bonds is 11. The van der Waals surface area contributed by atoms with Gasteiger partial charge < -0.3 is 14.2 Å². The minimum absolute atomic E-state index is 0.238. The van der Waals surface area contributed by atoms with Crippen LogP contribution in [0.25, 0.3) is 6.08 Å². The lowest BCUT2D eigenvalue weighted by Crippen LogP contribution is -2.40. The molecule has 0 amide bonds. The number of ether oxygens (including phenoxy) is 3. The van der Waals surface area contributed by atoms with Gasteiger partial charge in [-0.15, -0.1) is 6.58 Å². The van der Waals surface area contributed by atoms with Crippen LogP contribution in [0.4, 0.5) is 0 Å². The van der Waals surface area contributed by atoms with Crippen LogP contribution in [0, 0.1) is 0 Å². The second kappa shape index (κ2) is 14.1. The normalized spacial score (nSPS) is 14.5. The molecule has 1 aromatic heterocycles. The van der Waals surface area contributed by atoms with Crippen LogP contribution >= 0.6 is 27.3 Å². The molecule has 0 bridgehead atoms. The zero-order chi connectivity index (χ0) is 31.2. The molecule has 226 valence electrons. The highest BCUT2D eigenvalue weighted by Crippen LogP contribution is 2.35. The summed E-state index contributed by atoms with van der Waals surface area (Å²) in [7, 11) is 1.35. The first kappa shape index (κ1) is 31.2. The number of aromatic nitrogens is 1. The zero-order valence-electron chi connectivity index (χ0n) is 24.8. The molecule has 7 nitrogen and oxygen atoms in total. The van der Waals surface area contributed by atoms with Gasteiger partial charge in [-0.1, -0.05) is 82.7 Å². The van der Waals surface area contributed by atoms with Crippen LogP contribution in [0.5, 0.6) is 11.5 Å². The fraction of sp³-hybridized carbons (Fsp3) is 0.229. The maximum atomic E-state index is 14.1. The Morgan fingerprint density at radius 3 is 2.50 bits per heavy atom. The number of allylic oxidation sites excluding steroid dienone is 2. The van der Waals surface area contributed by atoms with Crippen LogP contribution in [-0.4, -0.2) is 24.3 Å². The molecule has 0 saturated heterocycles. The number of carbonyl (C=O) groups excluding carboxylic acids is 1. The lowest BCUT2D eigenvalue weighted by molar-refractivity contribution is -0.136. The SMILES string of the molecule is C=CCc1cc(/C=c2\sc3n(c2=O)[C@H](c2ccccc2)C(C(=O)OC)=C(CC)N=3)cc(OCC)c1OCc1ccc(Br)cc1. The summed E-state index contributed by atoms with van der Waals surface area (Å²) in [4.78, 5) is 32.4. The van der Waals surface area contributed by atoms with Gasteiger partial charge in [0.15, 0.2) is 16.3 Å². The Balaban J connectivity index is 1.63. The molecule has 2 heterocycles. The van der Waals surface area contributed by atoms with E-state index < -0.39 is 12.0 Å². The van der Waals surface area contributed by atoms with Gasteiger partial charge in [-0.2, -0.15) is 0 Å². The Hall–Kier alpha value is -4.21. The molecular weight excluding hydrogens is 640 g/mol. The smallest absolute Gasteiger partial charge is 0.338 e. The lowest BCUT2D eigenvalue weighted by atomic mass is 9.95. The summed E-state index contributed by atoms with van der Waals surface area (Å²) in [6, 6.07) is 20.7. The summed E-state index contributed by atoms with van der Waals surface area (Å²) in [6.07, 6.45) is 4.72. The monoisotopic (exact) mass is 672 g/mol. The van der Waals surface area contributed by atoms with Gasteiger partial charge in [-0.3, -0.25) is 9.36 Å². The Morgan fingerprint density at radius 1 is 1.09 bits per heavy atom. The van der Waals surface area contributed by atoms with E-state index in [0.29, 0.717) is 58.2 Å². The lowest BCUT2D eigenvalue weighted by Gasteiger charge is -2.25. The molecule has 0 saturated carbocycles. The number of hydrogen-bond acceptors (Lipinski definition) is 7. The molecule has 5 rings (SSSR count). The van der Waals surface area contributed by atoms with E-state index in [1.54, 1.807) is 4.57 Å². The van der Waals surface area contributed by atoms with E-state index in [0.717, 1.165) is 26.7 Å². The minimum Gasteiger partial charge on any atom is -0.490 e. The summed E-state index contributed by atoms with van der Waals surface area (Å²) in [6.45, 7) is 8.61. The van der Waals surface area contributed by atoms with Crippen molar-refractivity contribution in [3.63, 3.8) is 0 Å². The van der Waals surface area contributed by atoms with Crippen molar-refractivity contribution in [3.8, 4) is 11.5 Å². The summed E-state index contributed by atoms with van der Waals surface area (Å²) in [5, 5.41) is 0. The van der Waals surface area contributed by atoms with E-state index in [-0.39, 0.29) is 5.56 Å². The summed E-state index contributed by atoms with van der Waals surface area (Å²) in [5.41, 5.74) is 4.25. The van der Waals surface area contributed by atoms with Crippen molar-refractivity contribution in [3.05, 3.63) is 137 Å². The van der Waals surface area contributed by atoms with Gasteiger partial charge in [0.1, 0.15) is 6.61 Å². The molecule has 3 aromatic carbocycles. The molecule has 0 radical (unpaired) electrons. The highest BCUT2D eigenvalue weighted by molar-refractivity contribution is 9.10. The van der Waals surface area contributed by atoms with Crippen LogP contribution in [0.1, 0.15) is 48.6 Å². The third kappa shape index (κ3) is 6.49. The minimum atomic E-state index is -0.651. The number of halogens is 1. The third-order valence-corrected chi connectivity index (χ3v) is 8.69. The number of fused-ring (bicyclic) bond motifs is 1. The van der Waals surface area contributed by atoms with E-state index >= 15 is 0 Å². The third-order valence-electron chi connectivity index (χ3n) is 7.18. The van der Waals surface area contributed by atoms with Crippen LogP contribution in [-0.2, 0) is 22.6 Å². The number of hydrogen-bond donors (Lipinski definition) is 0. The van der Waals surface area contributed by atoms with Gasteiger partial charge in [0.25, 0.3) is 5.56 Å². The van der Waals surface area contributed by atoms with E-state index in [1.165, 1.54) is 18.4 Å². The van der Waals surface area contributed by atoms with E-state index in [2.05, 4.69) is 22.5 Å². The molecule has 1 aliphatic heterocycles. The fourth-order valence-electron chi connectivity index (χ4n) is 5.20. The second-order valence-electron chi connectivity index (χ2n) is 10.0. The average molecular weight is 674 g/mol. The molecule has 0 spiro atoms.